The van der Waals surface area contributed by atoms with Crippen LogP contribution in [0.15, 0.2) is 48.6 Å². The molecule has 0 aliphatic rings. The maximum absolute atomic E-state index is 11.9. The third-order valence-electron chi connectivity index (χ3n) is 3.68. The average Bonchev–Trinajstić information content (AvgIpc) is 2.66. The van der Waals surface area contributed by atoms with E-state index in [4.69, 9.17) is 9.47 Å². The maximum atomic E-state index is 11.9. The van der Waals surface area contributed by atoms with Gasteiger partial charge >= 0.3 is 0 Å². The van der Waals surface area contributed by atoms with E-state index in [1.54, 1.807) is 36.4 Å². The predicted octanol–water partition coefficient (Wildman–Crippen LogP) is 3.37. The molecular weight excluding hydrogens is 489 g/mol. The summed E-state index contributed by atoms with van der Waals surface area (Å²) in [6.07, 6.45) is 5.44. The molecular formula is C21H20O6Pr. The number of ether oxygens (including phenoxy) is 2. The molecule has 0 aliphatic heterocycles. The number of hydrogen-bond acceptors (Lipinski definition) is 6. The Kier molecular flexibility index (Phi) is 9.90. The monoisotopic (exact) mass is 509 g/mol. The molecule has 2 rings (SSSR count). The third kappa shape index (κ3) is 7.09. The van der Waals surface area contributed by atoms with Gasteiger partial charge in [-0.3, -0.25) is 9.59 Å². The van der Waals surface area contributed by atoms with Gasteiger partial charge in [0.1, 0.15) is 0 Å². The Bertz CT molecular complexity index is 828. The van der Waals surface area contributed by atoms with Gasteiger partial charge in [-0.05, 0) is 47.5 Å². The van der Waals surface area contributed by atoms with Crippen LogP contribution >= 0.6 is 0 Å². The molecule has 0 unspecified atom stereocenters. The fraction of sp³-hybridized carbons (Fsp3) is 0.143. The number of benzene rings is 2. The molecule has 2 N–H and O–H groups in total. The zero-order valence-corrected chi connectivity index (χ0v) is 19.3. The molecule has 0 saturated heterocycles. The van der Waals surface area contributed by atoms with Gasteiger partial charge < -0.3 is 19.7 Å². The molecule has 143 valence electrons. The predicted molar refractivity (Wildman–Crippen MR) is 102 cm³/mol. The van der Waals surface area contributed by atoms with Crippen LogP contribution < -0.4 is 9.47 Å². The Balaban J connectivity index is 0.00000392. The Morgan fingerprint density at radius 2 is 1.21 bits per heavy atom. The van der Waals surface area contributed by atoms with Gasteiger partial charge in [-0.2, -0.15) is 0 Å². The topological polar surface area (TPSA) is 93.1 Å². The van der Waals surface area contributed by atoms with E-state index in [0.717, 1.165) is 0 Å². The van der Waals surface area contributed by atoms with E-state index in [0.29, 0.717) is 22.6 Å². The second-order valence-corrected chi connectivity index (χ2v) is 5.64. The molecule has 0 heterocycles. The minimum absolute atomic E-state index is 0. The largest absolute Gasteiger partial charge is 0.504 e. The molecule has 0 spiro atoms. The smallest absolute Gasteiger partial charge is 0.163 e. The van der Waals surface area contributed by atoms with Crippen molar-refractivity contribution in [1.29, 1.82) is 0 Å². The molecule has 0 aromatic heterocycles. The van der Waals surface area contributed by atoms with Crippen LogP contribution in [0.25, 0.3) is 12.2 Å². The van der Waals surface area contributed by atoms with Crippen LogP contribution in [-0.2, 0) is 9.59 Å². The summed E-state index contributed by atoms with van der Waals surface area (Å²) in [5.74, 6) is -0.0832. The average molecular weight is 509 g/mol. The summed E-state index contributed by atoms with van der Waals surface area (Å²) < 4.78 is 10.00. The van der Waals surface area contributed by atoms with E-state index in [1.807, 2.05) is 0 Å². The number of methoxy groups -OCH3 is 2. The van der Waals surface area contributed by atoms with Crippen LogP contribution in [0, 0.1) is 41.3 Å². The number of ketones is 2. The van der Waals surface area contributed by atoms with Crippen LogP contribution in [0.1, 0.15) is 17.5 Å². The van der Waals surface area contributed by atoms with Crippen molar-refractivity contribution < 1.29 is 70.6 Å². The normalized spacial score (nSPS) is 10.6. The first-order valence-electron chi connectivity index (χ1n) is 8.08. The minimum atomic E-state index is -0.347. The Morgan fingerprint density at radius 3 is 1.57 bits per heavy atom. The number of rotatable bonds is 8. The molecule has 0 bridgehead atoms. The van der Waals surface area contributed by atoms with Gasteiger partial charge in [-0.15, -0.1) is 0 Å². The van der Waals surface area contributed by atoms with Crippen LogP contribution in [0.3, 0.4) is 0 Å². The van der Waals surface area contributed by atoms with Crippen molar-refractivity contribution >= 4 is 23.7 Å². The molecule has 0 saturated carbocycles. The molecule has 1 radical (unpaired) electrons. The molecule has 0 aliphatic carbocycles. The quantitative estimate of drug-likeness (QED) is 0.419. The van der Waals surface area contributed by atoms with Crippen molar-refractivity contribution in [3.05, 3.63) is 59.7 Å². The van der Waals surface area contributed by atoms with Gasteiger partial charge in [0.15, 0.2) is 34.6 Å². The second-order valence-electron chi connectivity index (χ2n) is 5.64. The second kappa shape index (κ2) is 11.6. The van der Waals surface area contributed by atoms with Gasteiger partial charge in [0.2, 0.25) is 0 Å². The Labute approximate surface area is 196 Å². The van der Waals surface area contributed by atoms with Gasteiger partial charge in [0, 0.05) is 41.3 Å². The summed E-state index contributed by atoms with van der Waals surface area (Å²) in [7, 11) is 2.87. The summed E-state index contributed by atoms with van der Waals surface area (Å²) in [5.41, 5.74) is 1.33. The van der Waals surface area contributed by atoms with E-state index in [9.17, 15) is 19.8 Å². The number of carbonyl (C=O) groups excluding carboxylic acids is 2. The number of phenols is 2. The Hall–Kier alpha value is -2.18. The zero-order chi connectivity index (χ0) is 19.8. The van der Waals surface area contributed by atoms with E-state index >= 15 is 0 Å². The van der Waals surface area contributed by atoms with E-state index < -0.39 is 0 Å². The molecule has 6 nitrogen and oxygen atoms in total. The number of allylic oxidation sites excluding steroid dienone is 2. The summed E-state index contributed by atoms with van der Waals surface area (Å²) in [4.78, 5) is 23.9. The molecule has 2 aromatic carbocycles. The fourth-order valence-corrected chi connectivity index (χ4v) is 2.26. The Morgan fingerprint density at radius 1 is 0.821 bits per heavy atom. The first-order valence-corrected chi connectivity index (χ1v) is 8.08. The van der Waals surface area contributed by atoms with Crippen molar-refractivity contribution in [3.8, 4) is 23.0 Å². The first kappa shape index (κ1) is 23.9. The molecule has 0 fully saturated rings. The molecule has 0 atom stereocenters. The van der Waals surface area contributed by atoms with Gasteiger partial charge in [0.25, 0.3) is 0 Å². The maximum Gasteiger partial charge on any atom is 0.163 e. The standard InChI is InChI=1S/C21H20O6.Pr/c1-26-20-11-14(5-9-18(20)24)3-7-16(22)13-17(23)8-4-15-6-10-19(25)21(12-15)27-2;/h3-12,24-25H,13H2,1-2H3;/b7-3+,8-4+;. The van der Waals surface area contributed by atoms with Crippen LogP contribution in [0.4, 0.5) is 0 Å². The number of hydrogen-bond donors (Lipinski definition) is 2. The SMILES string of the molecule is COc1cc(/C=C/C(=O)CC(=O)/C=C/c2ccc(O)c(OC)c2)ccc1O.[Pr]. The summed E-state index contributed by atoms with van der Waals surface area (Å²) in [5, 5.41) is 19.1. The van der Waals surface area contributed by atoms with Gasteiger partial charge in [0.05, 0.1) is 20.6 Å². The fourth-order valence-electron chi connectivity index (χ4n) is 2.26. The van der Waals surface area contributed by atoms with E-state index in [-0.39, 0.29) is 70.8 Å². The van der Waals surface area contributed by atoms with Crippen molar-refractivity contribution in [1.82, 2.24) is 0 Å². The third-order valence-corrected chi connectivity index (χ3v) is 3.68. The van der Waals surface area contributed by atoms with Crippen molar-refractivity contribution in [2.24, 2.45) is 0 Å². The van der Waals surface area contributed by atoms with Gasteiger partial charge in [-0.1, -0.05) is 24.3 Å². The van der Waals surface area contributed by atoms with E-state index in [2.05, 4.69) is 0 Å². The minimum Gasteiger partial charge on any atom is -0.504 e. The molecule has 7 heteroatoms. The molecule has 0 amide bonds. The molecule has 2 aromatic rings. The van der Waals surface area contributed by atoms with Crippen LogP contribution in [0.5, 0.6) is 23.0 Å². The van der Waals surface area contributed by atoms with E-state index in [1.165, 1.54) is 38.5 Å². The van der Waals surface area contributed by atoms with Crippen molar-refractivity contribution in [2.75, 3.05) is 14.2 Å². The number of phenolic OH excluding ortho intramolecular Hbond substituents is 2. The summed E-state index contributed by atoms with van der Waals surface area (Å²) >= 11 is 0. The summed E-state index contributed by atoms with van der Waals surface area (Å²) in [6.45, 7) is 0. The molecule has 28 heavy (non-hydrogen) atoms. The summed E-state index contributed by atoms with van der Waals surface area (Å²) in [6, 6.07) is 9.34. The van der Waals surface area contributed by atoms with Gasteiger partial charge in [-0.25, -0.2) is 0 Å². The zero-order valence-electron chi connectivity index (χ0n) is 15.6. The number of carbonyl (C=O) groups is 2. The van der Waals surface area contributed by atoms with Crippen LogP contribution in [0.2, 0.25) is 0 Å². The van der Waals surface area contributed by atoms with Crippen LogP contribution in [-0.4, -0.2) is 36.0 Å². The first-order chi connectivity index (χ1) is 12.9. The van der Waals surface area contributed by atoms with Crippen molar-refractivity contribution in [2.45, 2.75) is 6.42 Å². The van der Waals surface area contributed by atoms with Crippen molar-refractivity contribution in [3.63, 3.8) is 0 Å². The number of aromatic hydroxyl groups is 2.